The summed E-state index contributed by atoms with van der Waals surface area (Å²) >= 11 is 1.73. The fourth-order valence-electron chi connectivity index (χ4n) is 3.13. The van der Waals surface area contributed by atoms with E-state index in [2.05, 4.69) is 30.2 Å². The first-order chi connectivity index (χ1) is 10.8. The van der Waals surface area contributed by atoms with Gasteiger partial charge >= 0.3 is 0 Å². The second-order valence-electron chi connectivity index (χ2n) is 5.95. The summed E-state index contributed by atoms with van der Waals surface area (Å²) in [5.74, 6) is -0.166. The van der Waals surface area contributed by atoms with Gasteiger partial charge in [0.2, 0.25) is 0 Å². The molecular formula is C18H24N2O2S. The maximum Gasteiger partial charge on any atom is 0.268 e. The molecule has 23 heavy (non-hydrogen) atoms. The van der Waals surface area contributed by atoms with E-state index in [0.29, 0.717) is 17.7 Å². The Labute approximate surface area is 141 Å². The summed E-state index contributed by atoms with van der Waals surface area (Å²) in [6, 6.07) is 2.05. The van der Waals surface area contributed by atoms with Crippen molar-refractivity contribution >= 4 is 23.0 Å². The van der Waals surface area contributed by atoms with Crippen LogP contribution >= 0.6 is 11.3 Å². The van der Waals surface area contributed by atoms with Crippen molar-refractivity contribution < 1.29 is 9.59 Å². The van der Waals surface area contributed by atoms with Crippen LogP contribution in [0.1, 0.15) is 74.2 Å². The van der Waals surface area contributed by atoms with Crippen LogP contribution < -0.4 is 5.32 Å². The molecule has 2 heterocycles. The Balaban J connectivity index is 2.29. The highest BCUT2D eigenvalue weighted by molar-refractivity contribution is 7.12. The topological polar surface area (TPSA) is 62.0 Å². The lowest BCUT2D eigenvalue weighted by Gasteiger charge is -2.14. The van der Waals surface area contributed by atoms with Gasteiger partial charge in [-0.1, -0.05) is 6.92 Å². The number of aromatic nitrogens is 1. The summed E-state index contributed by atoms with van der Waals surface area (Å²) in [4.78, 5) is 30.0. The van der Waals surface area contributed by atoms with E-state index in [1.807, 2.05) is 20.8 Å². The van der Waals surface area contributed by atoms with Gasteiger partial charge in [-0.3, -0.25) is 9.59 Å². The third kappa shape index (κ3) is 3.39. The van der Waals surface area contributed by atoms with Crippen molar-refractivity contribution in [1.29, 1.82) is 0 Å². The molecule has 4 nitrogen and oxygen atoms in total. The number of aryl methyl sites for hydroxylation is 3. The fraction of sp³-hybridized carbons (Fsp3) is 0.444. The summed E-state index contributed by atoms with van der Waals surface area (Å²) in [6.45, 7) is 11.5. The molecule has 0 aromatic carbocycles. The Hall–Kier alpha value is -1.88. The number of H-pyrrole nitrogens is 1. The highest BCUT2D eigenvalue weighted by Crippen LogP contribution is 2.27. The van der Waals surface area contributed by atoms with Gasteiger partial charge in [-0.15, -0.1) is 11.3 Å². The monoisotopic (exact) mass is 332 g/mol. The molecule has 0 aliphatic heterocycles. The Kier molecular flexibility index (Phi) is 5.09. The van der Waals surface area contributed by atoms with Crippen LogP contribution in [0.4, 0.5) is 0 Å². The minimum Gasteiger partial charge on any atom is -0.354 e. The second-order valence-corrected chi connectivity index (χ2v) is 7.41. The Morgan fingerprint density at radius 1 is 1.30 bits per heavy atom. The first kappa shape index (κ1) is 17.5. The lowest BCUT2D eigenvalue weighted by atomic mass is 10.0. The van der Waals surface area contributed by atoms with Gasteiger partial charge in [0.05, 0.1) is 6.04 Å². The molecule has 0 fully saturated rings. The van der Waals surface area contributed by atoms with Crippen molar-refractivity contribution in [2.45, 2.75) is 54.0 Å². The van der Waals surface area contributed by atoms with Gasteiger partial charge in [0.25, 0.3) is 5.91 Å². The summed E-state index contributed by atoms with van der Waals surface area (Å²) in [5, 5.41) is 3.05. The van der Waals surface area contributed by atoms with Crippen molar-refractivity contribution in [3.63, 3.8) is 0 Å². The zero-order valence-corrected chi connectivity index (χ0v) is 15.4. The van der Waals surface area contributed by atoms with E-state index in [9.17, 15) is 9.59 Å². The maximum absolute atomic E-state index is 12.7. The summed E-state index contributed by atoms with van der Waals surface area (Å²) in [5.41, 5.74) is 3.86. The molecule has 2 aromatic heterocycles. The molecule has 5 heteroatoms. The molecule has 1 amide bonds. The van der Waals surface area contributed by atoms with Crippen LogP contribution in [0.3, 0.4) is 0 Å². The molecule has 0 saturated carbocycles. The Morgan fingerprint density at radius 3 is 2.43 bits per heavy atom. The van der Waals surface area contributed by atoms with Crippen LogP contribution in [0.2, 0.25) is 0 Å². The number of carbonyl (C=O) groups excluding carboxylic acids is 2. The number of amides is 1. The van der Waals surface area contributed by atoms with Gasteiger partial charge in [0.1, 0.15) is 5.69 Å². The number of rotatable bonds is 5. The summed E-state index contributed by atoms with van der Waals surface area (Å²) in [7, 11) is 0. The third-order valence-electron chi connectivity index (χ3n) is 4.12. The minimum atomic E-state index is -0.159. The zero-order valence-electron chi connectivity index (χ0n) is 14.6. The minimum absolute atomic E-state index is 0.00741. The normalized spacial score (nSPS) is 12.3. The van der Waals surface area contributed by atoms with Crippen LogP contribution in [0.5, 0.6) is 0 Å². The lowest BCUT2D eigenvalue weighted by molar-refractivity contribution is 0.0934. The van der Waals surface area contributed by atoms with Gasteiger partial charge in [-0.2, -0.15) is 0 Å². The molecular weight excluding hydrogens is 308 g/mol. The van der Waals surface area contributed by atoms with Crippen LogP contribution in [0.15, 0.2) is 6.07 Å². The van der Waals surface area contributed by atoms with Crippen LogP contribution in [-0.2, 0) is 6.42 Å². The van der Waals surface area contributed by atoms with Crippen molar-refractivity contribution in [3.8, 4) is 0 Å². The van der Waals surface area contributed by atoms with Crippen molar-refractivity contribution in [1.82, 2.24) is 10.3 Å². The molecule has 1 atom stereocenters. The molecule has 2 N–H and O–H groups in total. The quantitative estimate of drug-likeness (QED) is 0.804. The number of thiophene rings is 1. The average Bonchev–Trinajstić information content (AvgIpc) is 2.97. The maximum atomic E-state index is 12.7. The van der Waals surface area contributed by atoms with E-state index in [0.717, 1.165) is 16.8 Å². The number of hydrogen-bond acceptors (Lipinski definition) is 3. The zero-order chi connectivity index (χ0) is 17.3. The molecule has 0 saturated heterocycles. The largest absolute Gasteiger partial charge is 0.354 e. The van der Waals surface area contributed by atoms with Gasteiger partial charge in [-0.05, 0) is 58.2 Å². The van der Waals surface area contributed by atoms with Gasteiger partial charge in [-0.25, -0.2) is 0 Å². The Morgan fingerprint density at radius 2 is 1.96 bits per heavy atom. The number of hydrogen-bond donors (Lipinski definition) is 2. The molecule has 0 radical (unpaired) electrons. The van der Waals surface area contributed by atoms with Crippen LogP contribution in [0, 0.1) is 20.8 Å². The number of Topliss-reactive ketones (excluding diaryl/α,β-unsaturated/α-hetero) is 1. The first-order valence-electron chi connectivity index (χ1n) is 7.86. The predicted molar refractivity (Wildman–Crippen MR) is 94.6 cm³/mol. The standard InChI is InChI=1S/C18H24N2O2S/c1-7-14-16(12(5)21)11(4)19-17(14)18(22)20-10(3)15-8-9(2)23-13(15)6/h8,10,19H,7H2,1-6H3,(H,20,22). The highest BCUT2D eigenvalue weighted by atomic mass is 32.1. The molecule has 2 aromatic rings. The van der Waals surface area contributed by atoms with Gasteiger partial charge in [0, 0.05) is 21.0 Å². The predicted octanol–water partition coefficient (Wildman–Crippen LogP) is 4.26. The second kappa shape index (κ2) is 6.71. The smallest absolute Gasteiger partial charge is 0.268 e. The van der Waals surface area contributed by atoms with Crippen molar-refractivity contribution in [2.24, 2.45) is 0 Å². The van der Waals surface area contributed by atoms with Gasteiger partial charge in [0.15, 0.2) is 5.78 Å². The number of carbonyl (C=O) groups is 2. The number of aromatic amines is 1. The molecule has 124 valence electrons. The number of nitrogens with one attached hydrogen (secondary N) is 2. The fourth-order valence-corrected chi connectivity index (χ4v) is 4.15. The summed E-state index contributed by atoms with van der Waals surface area (Å²) < 4.78 is 0. The number of ketones is 1. The van der Waals surface area contributed by atoms with E-state index >= 15 is 0 Å². The van der Waals surface area contributed by atoms with Gasteiger partial charge < -0.3 is 10.3 Å². The molecule has 0 aliphatic rings. The van der Waals surface area contributed by atoms with E-state index in [-0.39, 0.29) is 17.7 Å². The SMILES string of the molecule is CCc1c(C(=O)NC(C)c2cc(C)sc2C)[nH]c(C)c1C(C)=O. The van der Waals surface area contributed by atoms with Crippen LogP contribution in [-0.4, -0.2) is 16.7 Å². The van der Waals surface area contributed by atoms with E-state index in [1.165, 1.54) is 16.7 Å². The van der Waals surface area contributed by atoms with Crippen molar-refractivity contribution in [3.05, 3.63) is 43.9 Å². The Bertz CT molecular complexity index is 755. The van der Waals surface area contributed by atoms with E-state index in [4.69, 9.17) is 0 Å². The molecule has 0 aliphatic carbocycles. The first-order valence-corrected chi connectivity index (χ1v) is 8.68. The van der Waals surface area contributed by atoms with Crippen LogP contribution in [0.25, 0.3) is 0 Å². The molecule has 2 rings (SSSR count). The molecule has 1 unspecified atom stereocenters. The molecule has 0 bridgehead atoms. The van der Waals surface area contributed by atoms with Crippen molar-refractivity contribution in [2.75, 3.05) is 0 Å². The lowest BCUT2D eigenvalue weighted by Crippen LogP contribution is -2.28. The molecule has 0 spiro atoms. The highest BCUT2D eigenvalue weighted by Gasteiger charge is 2.23. The summed E-state index contributed by atoms with van der Waals surface area (Å²) in [6.07, 6.45) is 0.646. The average molecular weight is 332 g/mol. The van der Waals surface area contributed by atoms with E-state index < -0.39 is 0 Å². The third-order valence-corrected chi connectivity index (χ3v) is 5.10. The van der Waals surface area contributed by atoms with E-state index in [1.54, 1.807) is 11.3 Å².